The Morgan fingerprint density at radius 2 is 1.50 bits per heavy atom. The summed E-state index contributed by atoms with van der Waals surface area (Å²) in [5.41, 5.74) is 2.65. The summed E-state index contributed by atoms with van der Waals surface area (Å²) >= 11 is 0. The van der Waals surface area contributed by atoms with E-state index in [4.69, 9.17) is 0 Å². The van der Waals surface area contributed by atoms with Crippen LogP contribution in [0.3, 0.4) is 0 Å². The molecule has 2 heterocycles. The molecule has 1 N–H and O–H groups in total. The van der Waals surface area contributed by atoms with Crippen molar-refractivity contribution >= 4 is 11.6 Å². The lowest BCUT2D eigenvalue weighted by Gasteiger charge is -2.33. The van der Waals surface area contributed by atoms with E-state index in [1.165, 1.54) is 0 Å². The van der Waals surface area contributed by atoms with Crippen LogP contribution in [0.25, 0.3) is 0 Å². The number of amides is 1. The van der Waals surface area contributed by atoms with E-state index >= 15 is 0 Å². The van der Waals surface area contributed by atoms with Gasteiger partial charge in [-0.15, -0.1) is 0 Å². The standard InChI is InChI=1S/C21H15NO2/c23-20-15-10-4-6-12-17(15)21(24)19(14-8-2-1-3-9-14)16-11-5-7-13-18(16)22(20)21/h1-13,19,24H/t19-,21-/m1/s1. The lowest BCUT2D eigenvalue weighted by atomic mass is 9.81. The van der Waals surface area contributed by atoms with Gasteiger partial charge >= 0.3 is 0 Å². The van der Waals surface area contributed by atoms with Gasteiger partial charge in [-0.3, -0.25) is 9.69 Å². The minimum atomic E-state index is -1.38. The molecule has 0 aromatic heterocycles. The number of fused-ring (bicyclic) bond motifs is 5. The number of nitrogens with zero attached hydrogens (tertiary/aromatic N) is 1. The molecule has 3 aromatic carbocycles. The second-order valence-corrected chi connectivity index (χ2v) is 6.31. The summed E-state index contributed by atoms with van der Waals surface area (Å²) in [7, 11) is 0. The maximum absolute atomic E-state index is 13.0. The maximum Gasteiger partial charge on any atom is 0.261 e. The van der Waals surface area contributed by atoms with Crippen LogP contribution < -0.4 is 4.90 Å². The third kappa shape index (κ3) is 1.47. The largest absolute Gasteiger partial charge is 0.366 e. The van der Waals surface area contributed by atoms with Crippen LogP contribution in [0, 0.1) is 0 Å². The van der Waals surface area contributed by atoms with E-state index in [1.54, 1.807) is 11.0 Å². The van der Waals surface area contributed by atoms with Crippen LogP contribution in [-0.2, 0) is 5.72 Å². The van der Waals surface area contributed by atoms with Crippen molar-refractivity contribution in [2.24, 2.45) is 0 Å². The van der Waals surface area contributed by atoms with Crippen molar-refractivity contribution in [1.29, 1.82) is 0 Å². The zero-order chi connectivity index (χ0) is 16.3. The van der Waals surface area contributed by atoms with Crippen LogP contribution in [0.15, 0.2) is 78.9 Å². The Morgan fingerprint density at radius 1 is 0.833 bits per heavy atom. The second kappa shape index (κ2) is 4.56. The van der Waals surface area contributed by atoms with Gasteiger partial charge in [0.25, 0.3) is 5.91 Å². The first kappa shape index (κ1) is 13.5. The Bertz CT molecular complexity index is 966. The Kier molecular flexibility index (Phi) is 2.57. The van der Waals surface area contributed by atoms with Crippen molar-refractivity contribution in [3.63, 3.8) is 0 Å². The average Bonchev–Trinajstić information content (AvgIpc) is 3.03. The van der Waals surface area contributed by atoms with Gasteiger partial charge in [0, 0.05) is 11.1 Å². The smallest absolute Gasteiger partial charge is 0.261 e. The van der Waals surface area contributed by atoms with E-state index in [-0.39, 0.29) is 11.8 Å². The molecule has 0 saturated carbocycles. The molecular formula is C21H15NO2. The normalized spacial score (nSPS) is 23.8. The number of benzene rings is 3. The van der Waals surface area contributed by atoms with Crippen LogP contribution in [0.5, 0.6) is 0 Å². The van der Waals surface area contributed by atoms with Crippen molar-refractivity contribution in [3.05, 3.63) is 101 Å². The Hall–Kier alpha value is -2.91. The van der Waals surface area contributed by atoms with Crippen LogP contribution in [0.4, 0.5) is 5.69 Å². The lowest BCUT2D eigenvalue weighted by Crippen LogP contribution is -2.43. The van der Waals surface area contributed by atoms with Gasteiger partial charge in [-0.05, 0) is 23.3 Å². The number of para-hydroxylation sites is 1. The summed E-state index contributed by atoms with van der Waals surface area (Å²) in [6, 6.07) is 25.0. The first-order valence-corrected chi connectivity index (χ1v) is 8.03. The number of carbonyl (C=O) groups is 1. The van der Waals surface area contributed by atoms with E-state index in [1.807, 2.05) is 72.8 Å². The number of aliphatic hydroxyl groups is 1. The molecule has 0 spiro atoms. The van der Waals surface area contributed by atoms with Crippen molar-refractivity contribution in [2.45, 2.75) is 11.6 Å². The van der Waals surface area contributed by atoms with Gasteiger partial charge in [-0.2, -0.15) is 0 Å². The zero-order valence-corrected chi connectivity index (χ0v) is 12.9. The molecule has 3 heteroatoms. The van der Waals surface area contributed by atoms with E-state index in [2.05, 4.69) is 0 Å². The molecule has 0 saturated heterocycles. The quantitative estimate of drug-likeness (QED) is 0.745. The monoisotopic (exact) mass is 313 g/mol. The first-order valence-electron chi connectivity index (χ1n) is 8.03. The molecule has 3 aromatic rings. The minimum absolute atomic E-state index is 0.140. The van der Waals surface area contributed by atoms with E-state index < -0.39 is 5.72 Å². The second-order valence-electron chi connectivity index (χ2n) is 6.31. The van der Waals surface area contributed by atoms with Crippen LogP contribution in [-0.4, -0.2) is 11.0 Å². The topological polar surface area (TPSA) is 40.5 Å². The molecule has 0 bridgehead atoms. The highest BCUT2D eigenvalue weighted by atomic mass is 16.3. The van der Waals surface area contributed by atoms with Crippen molar-refractivity contribution in [3.8, 4) is 0 Å². The van der Waals surface area contributed by atoms with Gasteiger partial charge in [0.05, 0.1) is 11.6 Å². The number of hydrogen-bond acceptors (Lipinski definition) is 2. The minimum Gasteiger partial charge on any atom is -0.366 e. The summed E-state index contributed by atoms with van der Waals surface area (Å²) in [6.07, 6.45) is 0. The fourth-order valence-electron chi connectivity index (χ4n) is 4.17. The summed E-state index contributed by atoms with van der Waals surface area (Å²) in [5, 5.41) is 11.8. The van der Waals surface area contributed by atoms with Crippen LogP contribution >= 0.6 is 0 Å². The van der Waals surface area contributed by atoms with E-state index in [0.717, 1.165) is 16.8 Å². The molecule has 2 atom stereocenters. The number of hydrogen-bond donors (Lipinski definition) is 1. The van der Waals surface area contributed by atoms with E-state index in [0.29, 0.717) is 11.1 Å². The number of rotatable bonds is 1. The predicted octanol–water partition coefficient (Wildman–Crippen LogP) is 3.64. The fraction of sp³-hybridized carbons (Fsp3) is 0.0952. The highest BCUT2D eigenvalue weighted by Gasteiger charge is 2.60. The Morgan fingerprint density at radius 3 is 2.33 bits per heavy atom. The molecule has 116 valence electrons. The van der Waals surface area contributed by atoms with Gasteiger partial charge in [0.15, 0.2) is 5.72 Å². The third-order valence-corrected chi connectivity index (χ3v) is 5.12. The molecule has 2 aliphatic heterocycles. The molecule has 5 rings (SSSR count). The maximum atomic E-state index is 13.0. The molecule has 2 aliphatic rings. The van der Waals surface area contributed by atoms with Gasteiger partial charge in [-0.25, -0.2) is 0 Å². The summed E-state index contributed by atoms with van der Waals surface area (Å²) in [6.45, 7) is 0. The van der Waals surface area contributed by atoms with Gasteiger partial charge in [0.2, 0.25) is 0 Å². The molecule has 0 radical (unpaired) electrons. The summed E-state index contributed by atoms with van der Waals surface area (Å²) in [5.74, 6) is -0.443. The Labute approximate surface area is 139 Å². The van der Waals surface area contributed by atoms with Crippen molar-refractivity contribution in [1.82, 2.24) is 0 Å². The number of anilines is 1. The molecule has 0 aliphatic carbocycles. The molecule has 0 unspecified atom stereocenters. The lowest BCUT2D eigenvalue weighted by molar-refractivity contribution is 0.0334. The van der Waals surface area contributed by atoms with Gasteiger partial charge in [0.1, 0.15) is 0 Å². The highest BCUT2D eigenvalue weighted by Crippen LogP contribution is 2.58. The van der Waals surface area contributed by atoms with Gasteiger partial charge < -0.3 is 5.11 Å². The summed E-state index contributed by atoms with van der Waals surface area (Å²) in [4.78, 5) is 14.5. The SMILES string of the molecule is O=C1c2ccccc2[C@@]2(O)[C@H](c3ccccc3)c3ccccc3N12. The fourth-order valence-corrected chi connectivity index (χ4v) is 4.17. The third-order valence-electron chi connectivity index (χ3n) is 5.12. The van der Waals surface area contributed by atoms with Crippen molar-refractivity contribution in [2.75, 3.05) is 4.90 Å². The predicted molar refractivity (Wildman–Crippen MR) is 91.9 cm³/mol. The van der Waals surface area contributed by atoms with Crippen LogP contribution in [0.2, 0.25) is 0 Å². The zero-order valence-electron chi connectivity index (χ0n) is 12.9. The number of carbonyl (C=O) groups excluding carboxylic acids is 1. The molecule has 24 heavy (non-hydrogen) atoms. The first-order chi connectivity index (χ1) is 11.7. The summed E-state index contributed by atoms with van der Waals surface area (Å²) < 4.78 is 0. The van der Waals surface area contributed by atoms with E-state index in [9.17, 15) is 9.90 Å². The van der Waals surface area contributed by atoms with Crippen molar-refractivity contribution < 1.29 is 9.90 Å². The molecule has 3 nitrogen and oxygen atoms in total. The Balaban J connectivity index is 1.85. The van der Waals surface area contributed by atoms with Gasteiger partial charge in [-0.1, -0.05) is 66.7 Å². The van der Waals surface area contributed by atoms with Crippen LogP contribution in [0.1, 0.15) is 33.0 Å². The molecule has 1 amide bonds. The highest BCUT2D eigenvalue weighted by molar-refractivity contribution is 6.13. The average molecular weight is 313 g/mol. The molecular weight excluding hydrogens is 298 g/mol. The molecule has 0 fully saturated rings.